The zero-order chi connectivity index (χ0) is 10.8. The maximum Gasteiger partial charge on any atom is 0.0524 e. The molecule has 0 saturated heterocycles. The van der Waals surface area contributed by atoms with Gasteiger partial charge in [0, 0.05) is 25.3 Å². The summed E-state index contributed by atoms with van der Waals surface area (Å²) >= 11 is 0. The molecule has 3 N–H and O–H groups in total. The zero-order valence-electron chi connectivity index (χ0n) is 9.11. The molecule has 0 saturated carbocycles. The van der Waals surface area contributed by atoms with Crippen LogP contribution >= 0.6 is 0 Å². The molecule has 3 nitrogen and oxygen atoms in total. The van der Waals surface area contributed by atoms with Crippen LogP contribution < -0.4 is 5.73 Å². The third-order valence-corrected chi connectivity index (χ3v) is 2.88. The fraction of sp³-hybridized carbons (Fsp3) is 0.500. The predicted molar refractivity (Wildman–Crippen MR) is 61.3 cm³/mol. The maximum absolute atomic E-state index is 9.23. The first-order valence-corrected chi connectivity index (χ1v) is 5.43. The summed E-state index contributed by atoms with van der Waals surface area (Å²) in [6.45, 7) is 4.74. The highest BCUT2D eigenvalue weighted by atomic mass is 16.3. The van der Waals surface area contributed by atoms with Crippen LogP contribution in [0, 0.1) is 0 Å². The van der Waals surface area contributed by atoms with Gasteiger partial charge in [-0.25, -0.2) is 0 Å². The van der Waals surface area contributed by atoms with Gasteiger partial charge in [-0.15, -0.1) is 0 Å². The summed E-state index contributed by atoms with van der Waals surface area (Å²) in [6, 6.07) is 6.11. The molecule has 0 aromatic heterocycles. The van der Waals surface area contributed by atoms with Crippen LogP contribution in [0.5, 0.6) is 0 Å². The van der Waals surface area contributed by atoms with Crippen LogP contribution in [0.2, 0.25) is 0 Å². The second kappa shape index (κ2) is 4.21. The fourth-order valence-corrected chi connectivity index (χ4v) is 2.01. The number of hydrogen-bond donors (Lipinski definition) is 2. The molecule has 0 radical (unpaired) electrons. The summed E-state index contributed by atoms with van der Waals surface area (Å²) in [5.41, 5.74) is 9.28. The Morgan fingerprint density at radius 1 is 1.40 bits per heavy atom. The van der Waals surface area contributed by atoms with Gasteiger partial charge in [-0.05, 0) is 36.6 Å². The number of anilines is 1. The van der Waals surface area contributed by atoms with Gasteiger partial charge < -0.3 is 10.8 Å². The van der Waals surface area contributed by atoms with E-state index >= 15 is 0 Å². The van der Waals surface area contributed by atoms with Crippen LogP contribution in [0.1, 0.15) is 24.5 Å². The van der Waals surface area contributed by atoms with Crippen molar-refractivity contribution in [1.29, 1.82) is 0 Å². The molecule has 1 atom stereocenters. The van der Waals surface area contributed by atoms with E-state index in [-0.39, 0.29) is 6.10 Å². The average Bonchev–Trinajstić information content (AvgIpc) is 2.56. The topological polar surface area (TPSA) is 49.5 Å². The van der Waals surface area contributed by atoms with Crippen molar-refractivity contribution >= 4 is 5.69 Å². The van der Waals surface area contributed by atoms with Crippen LogP contribution in [-0.4, -0.2) is 22.7 Å². The van der Waals surface area contributed by atoms with Gasteiger partial charge in [0.2, 0.25) is 0 Å². The van der Waals surface area contributed by atoms with Crippen LogP contribution in [0.4, 0.5) is 5.69 Å². The molecular formula is C12H18N2O. The van der Waals surface area contributed by atoms with Gasteiger partial charge in [0.25, 0.3) is 0 Å². The van der Waals surface area contributed by atoms with Gasteiger partial charge in [0.05, 0.1) is 6.10 Å². The summed E-state index contributed by atoms with van der Waals surface area (Å²) in [4.78, 5) is 2.34. The van der Waals surface area contributed by atoms with E-state index in [2.05, 4.69) is 17.0 Å². The van der Waals surface area contributed by atoms with Crippen LogP contribution in [-0.2, 0) is 13.1 Å². The van der Waals surface area contributed by atoms with Crippen molar-refractivity contribution < 1.29 is 5.11 Å². The molecule has 0 amide bonds. The van der Waals surface area contributed by atoms with Crippen molar-refractivity contribution in [3.05, 3.63) is 29.3 Å². The number of fused-ring (bicyclic) bond motifs is 1. The maximum atomic E-state index is 9.23. The highest BCUT2D eigenvalue weighted by Gasteiger charge is 2.18. The lowest BCUT2D eigenvalue weighted by Gasteiger charge is -2.15. The van der Waals surface area contributed by atoms with Crippen LogP contribution in [0.25, 0.3) is 0 Å². The van der Waals surface area contributed by atoms with E-state index in [0.717, 1.165) is 31.7 Å². The monoisotopic (exact) mass is 206 g/mol. The van der Waals surface area contributed by atoms with E-state index in [9.17, 15) is 5.11 Å². The molecule has 0 bridgehead atoms. The summed E-state index contributed by atoms with van der Waals surface area (Å²) in [7, 11) is 0. The van der Waals surface area contributed by atoms with E-state index in [1.807, 2.05) is 13.0 Å². The standard InChI is InChI=1S/C12H18N2O/c1-9(15)4-5-14-7-10-2-3-12(13)6-11(10)8-14/h2-3,6,9,15H,4-5,7-8,13H2,1H3. The molecule has 1 aromatic carbocycles. The molecule has 1 unspecified atom stereocenters. The van der Waals surface area contributed by atoms with Gasteiger partial charge in [0.15, 0.2) is 0 Å². The van der Waals surface area contributed by atoms with Crippen molar-refractivity contribution in [2.45, 2.75) is 32.5 Å². The zero-order valence-corrected chi connectivity index (χ0v) is 9.11. The highest BCUT2D eigenvalue weighted by molar-refractivity contribution is 5.46. The Balaban J connectivity index is 1.97. The predicted octanol–water partition coefficient (Wildman–Crippen LogP) is 1.36. The Labute approximate surface area is 90.5 Å². The molecule has 2 rings (SSSR count). The lowest BCUT2D eigenvalue weighted by Crippen LogP contribution is -2.20. The smallest absolute Gasteiger partial charge is 0.0524 e. The summed E-state index contributed by atoms with van der Waals surface area (Å²) < 4.78 is 0. The first-order chi connectivity index (χ1) is 7.15. The molecule has 0 aliphatic carbocycles. The molecule has 0 spiro atoms. The van der Waals surface area contributed by atoms with Gasteiger partial charge in [-0.2, -0.15) is 0 Å². The molecule has 1 heterocycles. The van der Waals surface area contributed by atoms with Gasteiger partial charge in [-0.1, -0.05) is 6.07 Å². The van der Waals surface area contributed by atoms with Crippen molar-refractivity contribution in [3.63, 3.8) is 0 Å². The number of aliphatic hydroxyl groups is 1. The van der Waals surface area contributed by atoms with E-state index in [4.69, 9.17) is 5.73 Å². The number of hydrogen-bond acceptors (Lipinski definition) is 3. The van der Waals surface area contributed by atoms with E-state index in [0.29, 0.717) is 0 Å². The number of aliphatic hydroxyl groups excluding tert-OH is 1. The van der Waals surface area contributed by atoms with Gasteiger partial charge in [-0.3, -0.25) is 4.90 Å². The molecule has 82 valence electrons. The van der Waals surface area contributed by atoms with E-state index < -0.39 is 0 Å². The highest BCUT2D eigenvalue weighted by Crippen LogP contribution is 2.24. The first kappa shape index (κ1) is 10.5. The Morgan fingerprint density at radius 3 is 2.87 bits per heavy atom. The second-order valence-corrected chi connectivity index (χ2v) is 4.38. The average molecular weight is 206 g/mol. The molecule has 3 heteroatoms. The lowest BCUT2D eigenvalue weighted by atomic mass is 10.1. The van der Waals surface area contributed by atoms with Crippen LogP contribution in [0.3, 0.4) is 0 Å². The number of rotatable bonds is 3. The van der Waals surface area contributed by atoms with Crippen molar-refractivity contribution in [1.82, 2.24) is 4.90 Å². The number of nitrogens with two attached hydrogens (primary N) is 1. The quantitative estimate of drug-likeness (QED) is 0.734. The van der Waals surface area contributed by atoms with Crippen LogP contribution in [0.15, 0.2) is 18.2 Å². The minimum Gasteiger partial charge on any atom is -0.399 e. The molecular weight excluding hydrogens is 188 g/mol. The Bertz CT molecular complexity index is 349. The SMILES string of the molecule is CC(O)CCN1Cc2ccc(N)cc2C1. The van der Waals surface area contributed by atoms with Crippen molar-refractivity contribution in [2.24, 2.45) is 0 Å². The third kappa shape index (κ3) is 2.49. The molecule has 0 fully saturated rings. The second-order valence-electron chi connectivity index (χ2n) is 4.38. The number of nitrogens with zero attached hydrogens (tertiary/aromatic N) is 1. The van der Waals surface area contributed by atoms with Crippen molar-refractivity contribution in [3.8, 4) is 0 Å². The minimum absolute atomic E-state index is 0.209. The van der Waals surface area contributed by atoms with Crippen molar-refractivity contribution in [2.75, 3.05) is 12.3 Å². The largest absolute Gasteiger partial charge is 0.399 e. The van der Waals surface area contributed by atoms with E-state index in [1.165, 1.54) is 11.1 Å². The lowest BCUT2D eigenvalue weighted by molar-refractivity contribution is 0.156. The Kier molecular flexibility index (Phi) is 2.93. The molecule has 1 aliphatic heterocycles. The molecule has 1 aliphatic rings. The Hall–Kier alpha value is -1.06. The summed E-state index contributed by atoms with van der Waals surface area (Å²) in [5, 5.41) is 9.23. The Morgan fingerprint density at radius 2 is 2.13 bits per heavy atom. The fourth-order valence-electron chi connectivity index (χ4n) is 2.01. The van der Waals surface area contributed by atoms with Gasteiger partial charge >= 0.3 is 0 Å². The molecule has 1 aromatic rings. The first-order valence-electron chi connectivity index (χ1n) is 5.43. The van der Waals surface area contributed by atoms with Gasteiger partial charge in [0.1, 0.15) is 0 Å². The normalized spacial score (nSPS) is 17.7. The number of nitrogen functional groups attached to an aromatic ring is 1. The summed E-state index contributed by atoms with van der Waals surface area (Å²) in [5.74, 6) is 0. The minimum atomic E-state index is -0.209. The molecule has 15 heavy (non-hydrogen) atoms. The summed E-state index contributed by atoms with van der Waals surface area (Å²) in [6.07, 6.45) is 0.627. The van der Waals surface area contributed by atoms with E-state index in [1.54, 1.807) is 0 Å². The third-order valence-electron chi connectivity index (χ3n) is 2.88. The number of benzene rings is 1.